The maximum Gasteiger partial charge on any atom is 0.338 e. The first-order valence-electron chi connectivity index (χ1n) is 10.4. The molecule has 0 radical (unpaired) electrons. The molecule has 8 heteroatoms. The Kier molecular flexibility index (Phi) is 7.37. The monoisotopic (exact) mass is 438 g/mol. The van der Waals surface area contributed by atoms with Gasteiger partial charge < -0.3 is 9.47 Å². The van der Waals surface area contributed by atoms with Crippen molar-refractivity contribution >= 4 is 16.1 Å². The van der Waals surface area contributed by atoms with Crippen molar-refractivity contribution in [2.75, 3.05) is 12.4 Å². The van der Waals surface area contributed by atoms with Gasteiger partial charge in [-0.2, -0.15) is 8.42 Å². The Labute approximate surface area is 176 Å². The summed E-state index contributed by atoms with van der Waals surface area (Å²) >= 11 is 0. The third-order valence-electron chi connectivity index (χ3n) is 5.57. The molecule has 2 aliphatic rings. The van der Waals surface area contributed by atoms with Crippen molar-refractivity contribution in [2.45, 2.75) is 63.4 Å². The molecule has 0 aliphatic heterocycles. The number of carbonyl (C=O) groups is 1. The number of rotatable bonds is 6. The Morgan fingerprint density at radius 3 is 2.53 bits per heavy atom. The smallest absolute Gasteiger partial charge is 0.338 e. The highest BCUT2D eigenvalue weighted by atomic mass is 32.2. The van der Waals surface area contributed by atoms with Crippen LogP contribution >= 0.6 is 0 Å². The summed E-state index contributed by atoms with van der Waals surface area (Å²) < 4.78 is 55.5. The fourth-order valence-electron chi connectivity index (χ4n) is 3.92. The van der Waals surface area contributed by atoms with Gasteiger partial charge in [0.25, 0.3) is 10.1 Å². The van der Waals surface area contributed by atoms with Gasteiger partial charge in [0.2, 0.25) is 0 Å². The van der Waals surface area contributed by atoms with E-state index in [4.69, 9.17) is 14.0 Å². The minimum atomic E-state index is -4.23. The minimum Gasteiger partial charge on any atom is -0.471 e. The molecule has 6 nitrogen and oxygen atoms in total. The summed E-state index contributed by atoms with van der Waals surface area (Å²) in [7, 11) is -4.23. The van der Waals surface area contributed by atoms with Crippen LogP contribution in [0.5, 0.6) is 5.75 Å². The van der Waals surface area contributed by atoms with Crippen LogP contribution in [0.15, 0.2) is 18.2 Å². The molecule has 0 bridgehead atoms. The maximum atomic E-state index is 14.4. The van der Waals surface area contributed by atoms with Gasteiger partial charge in [-0.1, -0.05) is 31.1 Å². The van der Waals surface area contributed by atoms with Crippen molar-refractivity contribution < 1.29 is 31.6 Å². The Morgan fingerprint density at radius 1 is 1.17 bits per heavy atom. The van der Waals surface area contributed by atoms with Gasteiger partial charge in [0, 0.05) is 5.92 Å². The summed E-state index contributed by atoms with van der Waals surface area (Å²) in [5.74, 6) is 4.80. The molecule has 30 heavy (non-hydrogen) atoms. The van der Waals surface area contributed by atoms with E-state index in [2.05, 4.69) is 11.8 Å². The molecule has 0 unspecified atom stereocenters. The molecule has 0 aromatic heterocycles. The van der Waals surface area contributed by atoms with Gasteiger partial charge in [0.1, 0.15) is 12.4 Å². The molecule has 2 aliphatic carbocycles. The molecule has 1 N–H and O–H groups in total. The molecule has 0 spiro atoms. The van der Waals surface area contributed by atoms with Gasteiger partial charge in [-0.15, -0.1) is 0 Å². The lowest BCUT2D eigenvalue weighted by atomic mass is 9.89. The van der Waals surface area contributed by atoms with Crippen molar-refractivity contribution in [3.63, 3.8) is 0 Å². The van der Waals surface area contributed by atoms with Crippen molar-refractivity contribution in [2.24, 2.45) is 5.92 Å². The van der Waals surface area contributed by atoms with Crippen LogP contribution in [-0.4, -0.2) is 36.9 Å². The number of esters is 1. The number of hydrogen-bond acceptors (Lipinski definition) is 5. The fraction of sp³-hybridized carbons (Fsp3) is 0.591. The lowest BCUT2D eigenvalue weighted by molar-refractivity contribution is 0.0526. The van der Waals surface area contributed by atoms with Crippen molar-refractivity contribution in [1.29, 1.82) is 0 Å². The standard InChI is InChI=1S/C22H27FO6S/c23-19-9-8-18(21(24)28-14-15-30(25,26)27)16-20(19)29-22(11-4-5-12-22)13-10-17-6-2-1-3-7-17/h8-9,16-17H,1-7,11-12,14-15H2,(H,25,26,27). The number of hydrogen-bond donors (Lipinski definition) is 1. The van der Waals surface area contributed by atoms with Crippen molar-refractivity contribution in [1.82, 2.24) is 0 Å². The van der Waals surface area contributed by atoms with E-state index in [1.807, 2.05) is 0 Å². The predicted octanol–water partition coefficient (Wildman–Crippen LogP) is 4.15. The highest BCUT2D eigenvalue weighted by Crippen LogP contribution is 2.36. The lowest BCUT2D eigenvalue weighted by Gasteiger charge is -2.26. The number of halogens is 1. The van der Waals surface area contributed by atoms with E-state index < -0.39 is 39.9 Å². The van der Waals surface area contributed by atoms with Crippen LogP contribution in [0.25, 0.3) is 0 Å². The van der Waals surface area contributed by atoms with E-state index in [0.29, 0.717) is 18.8 Å². The van der Waals surface area contributed by atoms with E-state index in [-0.39, 0.29) is 11.3 Å². The van der Waals surface area contributed by atoms with Gasteiger partial charge >= 0.3 is 5.97 Å². The minimum absolute atomic E-state index is 0.0372. The van der Waals surface area contributed by atoms with E-state index in [1.165, 1.54) is 31.4 Å². The topological polar surface area (TPSA) is 89.9 Å². The molecule has 0 atom stereocenters. The third kappa shape index (κ3) is 6.44. The van der Waals surface area contributed by atoms with Gasteiger partial charge in [0.15, 0.2) is 17.2 Å². The Balaban J connectivity index is 1.73. The lowest BCUT2D eigenvalue weighted by Crippen LogP contribution is -2.31. The molecule has 164 valence electrons. The zero-order valence-electron chi connectivity index (χ0n) is 16.9. The van der Waals surface area contributed by atoms with Gasteiger partial charge in [-0.05, 0) is 56.7 Å². The molecule has 0 saturated heterocycles. The molecule has 3 rings (SSSR count). The summed E-state index contributed by atoms with van der Waals surface area (Å²) in [6.07, 6.45) is 9.08. The zero-order valence-corrected chi connectivity index (χ0v) is 17.7. The first kappa shape index (κ1) is 22.6. The predicted molar refractivity (Wildman–Crippen MR) is 109 cm³/mol. The van der Waals surface area contributed by atoms with Crippen LogP contribution in [0.4, 0.5) is 4.39 Å². The molecule has 0 heterocycles. The Hall–Kier alpha value is -2.11. The normalized spacial score (nSPS) is 19.0. The number of carbonyl (C=O) groups excluding carboxylic acids is 1. The SMILES string of the molecule is O=C(OCCS(=O)(=O)O)c1ccc(F)c(OC2(C#CC3CCCCC3)CCCC2)c1. The summed E-state index contributed by atoms with van der Waals surface area (Å²) in [6, 6.07) is 3.62. The van der Waals surface area contributed by atoms with Crippen LogP contribution in [0.3, 0.4) is 0 Å². The van der Waals surface area contributed by atoms with E-state index >= 15 is 0 Å². The van der Waals surface area contributed by atoms with E-state index in [1.54, 1.807) is 0 Å². The zero-order chi connectivity index (χ0) is 21.6. The average molecular weight is 439 g/mol. The molecular formula is C22H27FO6S. The van der Waals surface area contributed by atoms with Crippen LogP contribution in [-0.2, 0) is 14.9 Å². The van der Waals surface area contributed by atoms with Crippen LogP contribution in [0, 0.1) is 23.6 Å². The van der Waals surface area contributed by atoms with Crippen LogP contribution in [0.1, 0.15) is 68.1 Å². The number of ether oxygens (including phenoxy) is 2. The largest absolute Gasteiger partial charge is 0.471 e. The maximum absolute atomic E-state index is 14.4. The summed E-state index contributed by atoms with van der Waals surface area (Å²) in [5.41, 5.74) is -0.721. The van der Waals surface area contributed by atoms with Crippen molar-refractivity contribution in [3.05, 3.63) is 29.6 Å². The molecule has 0 amide bonds. The molecule has 2 fully saturated rings. The summed E-state index contributed by atoms with van der Waals surface area (Å²) in [5, 5.41) is 0. The van der Waals surface area contributed by atoms with Crippen LogP contribution < -0.4 is 4.74 Å². The Morgan fingerprint density at radius 2 is 1.87 bits per heavy atom. The first-order chi connectivity index (χ1) is 14.3. The summed E-state index contributed by atoms with van der Waals surface area (Å²) in [4.78, 5) is 12.1. The van der Waals surface area contributed by atoms with Gasteiger partial charge in [-0.25, -0.2) is 9.18 Å². The first-order valence-corrected chi connectivity index (χ1v) is 12.0. The molecule has 2 saturated carbocycles. The van der Waals surface area contributed by atoms with Gasteiger partial charge in [0.05, 0.1) is 5.56 Å². The Bertz CT molecular complexity index is 919. The second kappa shape index (κ2) is 9.80. The van der Waals surface area contributed by atoms with Crippen molar-refractivity contribution in [3.8, 4) is 17.6 Å². The summed E-state index contributed by atoms with van der Waals surface area (Å²) in [6.45, 7) is -0.498. The van der Waals surface area contributed by atoms with Gasteiger partial charge in [-0.3, -0.25) is 4.55 Å². The van der Waals surface area contributed by atoms with Crippen LogP contribution in [0.2, 0.25) is 0 Å². The fourth-order valence-corrected chi connectivity index (χ4v) is 4.22. The highest BCUT2D eigenvalue weighted by molar-refractivity contribution is 7.85. The second-order valence-electron chi connectivity index (χ2n) is 7.97. The quantitative estimate of drug-likeness (QED) is 0.408. The molecule has 1 aromatic carbocycles. The third-order valence-corrected chi connectivity index (χ3v) is 6.25. The molecular weight excluding hydrogens is 411 g/mol. The number of benzene rings is 1. The second-order valence-corrected chi connectivity index (χ2v) is 9.55. The average Bonchev–Trinajstić information content (AvgIpc) is 3.17. The van der Waals surface area contributed by atoms with E-state index in [0.717, 1.165) is 31.7 Å². The molecule has 1 aromatic rings. The van der Waals surface area contributed by atoms with E-state index in [9.17, 15) is 17.6 Å². The highest BCUT2D eigenvalue weighted by Gasteiger charge is 2.35.